The standard InChI is InChI=1S/C22H26N6O2S/c1-14-20(31-26-25-14)21(29)28-10-6-8-16(13-28)19-18(12-23-22(24-19)27(2)3)15-7-5-9-17(11-15)30-4/h5,7,9,11-12,16H,6,8,10,13H2,1-4H3/t16-/m0/s1. The molecule has 1 atom stereocenters. The number of aryl methyl sites for hydroxylation is 1. The summed E-state index contributed by atoms with van der Waals surface area (Å²) in [5.74, 6) is 1.56. The van der Waals surface area contributed by atoms with E-state index >= 15 is 0 Å². The first kappa shape index (κ1) is 21.2. The van der Waals surface area contributed by atoms with Gasteiger partial charge < -0.3 is 14.5 Å². The van der Waals surface area contributed by atoms with Crippen LogP contribution in [0.4, 0.5) is 5.95 Å². The maximum Gasteiger partial charge on any atom is 0.267 e. The predicted molar refractivity (Wildman–Crippen MR) is 121 cm³/mol. The van der Waals surface area contributed by atoms with Gasteiger partial charge in [0.25, 0.3) is 5.91 Å². The van der Waals surface area contributed by atoms with Crippen LogP contribution in [0.3, 0.4) is 0 Å². The number of anilines is 1. The van der Waals surface area contributed by atoms with Crippen LogP contribution in [0.5, 0.6) is 5.75 Å². The molecule has 162 valence electrons. The molecule has 1 saturated heterocycles. The quantitative estimate of drug-likeness (QED) is 0.604. The number of carbonyl (C=O) groups excluding carboxylic acids is 1. The zero-order chi connectivity index (χ0) is 22.0. The Kier molecular flexibility index (Phi) is 6.13. The summed E-state index contributed by atoms with van der Waals surface area (Å²) in [4.78, 5) is 27.0. The first-order valence-corrected chi connectivity index (χ1v) is 11.0. The molecule has 0 N–H and O–H groups in total. The number of carbonyl (C=O) groups is 1. The first-order valence-electron chi connectivity index (χ1n) is 10.2. The largest absolute Gasteiger partial charge is 0.497 e. The van der Waals surface area contributed by atoms with Crippen LogP contribution in [0.15, 0.2) is 30.5 Å². The second-order valence-corrected chi connectivity index (χ2v) is 8.63. The number of likely N-dealkylation sites (tertiary alicyclic amines) is 1. The molecule has 1 fully saturated rings. The third kappa shape index (κ3) is 4.36. The van der Waals surface area contributed by atoms with E-state index in [0.29, 0.717) is 23.1 Å². The summed E-state index contributed by atoms with van der Waals surface area (Å²) >= 11 is 1.16. The minimum atomic E-state index is 0.00187. The Bertz CT molecular complexity index is 1080. The zero-order valence-corrected chi connectivity index (χ0v) is 19.0. The Morgan fingerprint density at radius 2 is 2.16 bits per heavy atom. The van der Waals surface area contributed by atoms with Gasteiger partial charge in [-0.1, -0.05) is 16.6 Å². The molecule has 4 rings (SSSR count). The van der Waals surface area contributed by atoms with E-state index < -0.39 is 0 Å². The van der Waals surface area contributed by atoms with Crippen LogP contribution < -0.4 is 9.64 Å². The lowest BCUT2D eigenvalue weighted by Crippen LogP contribution is -2.39. The molecule has 0 saturated carbocycles. The van der Waals surface area contributed by atoms with Crippen LogP contribution in [-0.2, 0) is 0 Å². The molecule has 8 nitrogen and oxygen atoms in total. The average molecular weight is 439 g/mol. The average Bonchev–Trinajstić information content (AvgIpc) is 3.24. The minimum Gasteiger partial charge on any atom is -0.497 e. The van der Waals surface area contributed by atoms with Crippen LogP contribution in [0.25, 0.3) is 11.1 Å². The van der Waals surface area contributed by atoms with Gasteiger partial charge in [0.2, 0.25) is 5.95 Å². The van der Waals surface area contributed by atoms with Gasteiger partial charge in [0.15, 0.2) is 0 Å². The van der Waals surface area contributed by atoms with Crippen molar-refractivity contribution >= 4 is 23.4 Å². The van der Waals surface area contributed by atoms with Crippen LogP contribution in [0, 0.1) is 6.92 Å². The van der Waals surface area contributed by atoms with E-state index in [9.17, 15) is 4.79 Å². The monoisotopic (exact) mass is 438 g/mol. The smallest absolute Gasteiger partial charge is 0.267 e. The molecule has 0 spiro atoms. The van der Waals surface area contributed by atoms with E-state index in [2.05, 4.69) is 14.6 Å². The van der Waals surface area contributed by atoms with Gasteiger partial charge in [-0.05, 0) is 49.0 Å². The van der Waals surface area contributed by atoms with Gasteiger partial charge in [0.1, 0.15) is 10.6 Å². The van der Waals surface area contributed by atoms with Gasteiger partial charge in [-0.25, -0.2) is 9.97 Å². The summed E-state index contributed by atoms with van der Waals surface area (Å²) < 4.78 is 9.33. The van der Waals surface area contributed by atoms with Crippen LogP contribution >= 0.6 is 11.5 Å². The van der Waals surface area contributed by atoms with Gasteiger partial charge in [-0.2, -0.15) is 0 Å². The predicted octanol–water partition coefficient (Wildman–Crippen LogP) is 3.40. The number of methoxy groups -OCH3 is 1. The van der Waals surface area contributed by atoms with Crippen molar-refractivity contribution in [3.63, 3.8) is 0 Å². The first-order chi connectivity index (χ1) is 15.0. The molecule has 3 aromatic rings. The molecular formula is C22H26N6O2S. The summed E-state index contributed by atoms with van der Waals surface area (Å²) in [7, 11) is 5.52. The molecule has 1 aromatic carbocycles. The fourth-order valence-electron chi connectivity index (χ4n) is 3.88. The van der Waals surface area contributed by atoms with E-state index in [4.69, 9.17) is 9.72 Å². The number of nitrogens with zero attached hydrogens (tertiary/aromatic N) is 6. The highest BCUT2D eigenvalue weighted by Crippen LogP contribution is 2.35. The zero-order valence-electron chi connectivity index (χ0n) is 18.2. The Morgan fingerprint density at radius 1 is 1.32 bits per heavy atom. The van der Waals surface area contributed by atoms with Gasteiger partial charge in [0.05, 0.1) is 18.5 Å². The highest BCUT2D eigenvalue weighted by molar-refractivity contribution is 7.07. The molecule has 9 heteroatoms. The summed E-state index contributed by atoms with van der Waals surface area (Å²) in [5, 5.41) is 3.99. The summed E-state index contributed by atoms with van der Waals surface area (Å²) in [6.45, 7) is 3.16. The number of aromatic nitrogens is 4. The number of piperidine rings is 1. The lowest BCUT2D eigenvalue weighted by molar-refractivity contribution is 0.0710. The number of amides is 1. The Hall–Kier alpha value is -3.07. The molecule has 1 aliphatic rings. The number of ether oxygens (including phenoxy) is 1. The molecule has 1 amide bonds. The van der Waals surface area contributed by atoms with Crippen molar-refractivity contribution in [1.29, 1.82) is 0 Å². The summed E-state index contributed by atoms with van der Waals surface area (Å²) in [6, 6.07) is 7.92. The number of benzene rings is 1. The SMILES string of the molecule is COc1cccc(-c2cnc(N(C)C)nc2[C@H]2CCCN(C(=O)c3snnc3C)C2)c1. The maximum absolute atomic E-state index is 13.1. The molecule has 1 aliphatic heterocycles. The second-order valence-electron chi connectivity index (χ2n) is 7.87. The van der Waals surface area contributed by atoms with E-state index in [1.807, 2.05) is 61.3 Å². The molecule has 2 aromatic heterocycles. The normalized spacial score (nSPS) is 16.3. The summed E-state index contributed by atoms with van der Waals surface area (Å²) in [6.07, 6.45) is 3.76. The number of hydrogen-bond acceptors (Lipinski definition) is 8. The fraction of sp³-hybridized carbons (Fsp3) is 0.409. The van der Waals surface area contributed by atoms with Crippen LogP contribution in [0.2, 0.25) is 0 Å². The lowest BCUT2D eigenvalue weighted by Gasteiger charge is -2.33. The second kappa shape index (κ2) is 8.97. The highest BCUT2D eigenvalue weighted by Gasteiger charge is 2.30. The molecule has 0 radical (unpaired) electrons. The van der Waals surface area contributed by atoms with Gasteiger partial charge in [-0.3, -0.25) is 4.79 Å². The molecule has 0 bridgehead atoms. The Balaban J connectivity index is 1.70. The maximum atomic E-state index is 13.1. The van der Waals surface area contributed by atoms with Crippen molar-refractivity contribution in [3.05, 3.63) is 46.7 Å². The molecule has 3 heterocycles. The number of hydrogen-bond donors (Lipinski definition) is 0. The summed E-state index contributed by atoms with van der Waals surface area (Å²) in [5.41, 5.74) is 3.62. The van der Waals surface area contributed by atoms with E-state index in [-0.39, 0.29) is 11.8 Å². The minimum absolute atomic E-state index is 0.00187. The lowest BCUT2D eigenvalue weighted by atomic mass is 9.89. The molecular weight excluding hydrogens is 412 g/mol. The Labute approximate surface area is 186 Å². The van der Waals surface area contributed by atoms with Gasteiger partial charge in [-0.15, -0.1) is 5.10 Å². The van der Waals surface area contributed by atoms with E-state index in [1.165, 1.54) is 0 Å². The van der Waals surface area contributed by atoms with Crippen molar-refractivity contribution in [3.8, 4) is 16.9 Å². The van der Waals surface area contributed by atoms with Crippen molar-refractivity contribution in [2.24, 2.45) is 0 Å². The molecule has 31 heavy (non-hydrogen) atoms. The fourth-order valence-corrected chi connectivity index (χ4v) is 4.51. The van der Waals surface area contributed by atoms with Crippen molar-refractivity contribution in [1.82, 2.24) is 24.5 Å². The Morgan fingerprint density at radius 3 is 2.87 bits per heavy atom. The molecule has 0 unspecified atom stereocenters. The third-order valence-electron chi connectivity index (χ3n) is 5.53. The van der Waals surface area contributed by atoms with E-state index in [0.717, 1.165) is 53.5 Å². The third-order valence-corrected chi connectivity index (χ3v) is 6.34. The number of rotatable bonds is 5. The highest BCUT2D eigenvalue weighted by atomic mass is 32.1. The van der Waals surface area contributed by atoms with Crippen molar-refractivity contribution < 1.29 is 9.53 Å². The van der Waals surface area contributed by atoms with E-state index in [1.54, 1.807) is 7.11 Å². The van der Waals surface area contributed by atoms with Crippen LogP contribution in [0.1, 0.15) is 39.8 Å². The van der Waals surface area contributed by atoms with Crippen molar-refractivity contribution in [2.45, 2.75) is 25.7 Å². The van der Waals surface area contributed by atoms with Crippen LogP contribution in [-0.4, -0.2) is 64.7 Å². The van der Waals surface area contributed by atoms with Gasteiger partial charge in [0, 0.05) is 44.9 Å². The van der Waals surface area contributed by atoms with Gasteiger partial charge >= 0.3 is 0 Å². The van der Waals surface area contributed by atoms with Crippen molar-refractivity contribution in [2.75, 3.05) is 39.2 Å². The topological polar surface area (TPSA) is 84.3 Å². The molecule has 0 aliphatic carbocycles.